The molecule has 5 nitrogen and oxygen atoms in total. The first kappa shape index (κ1) is 15.1. The number of aromatic nitrogens is 2. The highest BCUT2D eigenvalue weighted by molar-refractivity contribution is 5.31. The SMILES string of the molecule is Cc1cncc(NCC(O)COc2ccc(F)c(F)c2)n1. The Morgan fingerprint density at radius 2 is 2.10 bits per heavy atom. The molecule has 1 atom stereocenters. The van der Waals surface area contributed by atoms with Crippen LogP contribution in [-0.2, 0) is 0 Å². The molecule has 1 unspecified atom stereocenters. The number of nitrogens with zero attached hydrogens (tertiary/aromatic N) is 2. The van der Waals surface area contributed by atoms with Crippen molar-refractivity contribution in [3.05, 3.63) is 47.9 Å². The maximum Gasteiger partial charge on any atom is 0.162 e. The van der Waals surface area contributed by atoms with Crippen LogP contribution in [0.4, 0.5) is 14.6 Å². The van der Waals surface area contributed by atoms with E-state index in [-0.39, 0.29) is 18.9 Å². The van der Waals surface area contributed by atoms with Gasteiger partial charge >= 0.3 is 0 Å². The third-order valence-corrected chi connectivity index (χ3v) is 2.61. The Morgan fingerprint density at radius 1 is 1.29 bits per heavy atom. The lowest BCUT2D eigenvalue weighted by atomic mass is 10.3. The standard InChI is InChI=1S/C14H15F2N3O2/c1-9-5-17-7-14(19-9)18-6-10(20)8-21-11-2-3-12(15)13(16)4-11/h2-5,7,10,20H,6,8H2,1H3,(H,18,19). The van der Waals surface area contributed by atoms with Gasteiger partial charge in [0.2, 0.25) is 0 Å². The fourth-order valence-corrected chi connectivity index (χ4v) is 1.59. The van der Waals surface area contributed by atoms with E-state index >= 15 is 0 Å². The van der Waals surface area contributed by atoms with Gasteiger partial charge in [0.1, 0.15) is 24.3 Å². The highest BCUT2D eigenvalue weighted by Gasteiger charge is 2.08. The summed E-state index contributed by atoms with van der Waals surface area (Å²) in [5, 5.41) is 12.7. The van der Waals surface area contributed by atoms with Crippen molar-refractivity contribution in [1.82, 2.24) is 9.97 Å². The number of aryl methyl sites for hydroxylation is 1. The van der Waals surface area contributed by atoms with Crippen LogP contribution in [0.2, 0.25) is 0 Å². The van der Waals surface area contributed by atoms with Gasteiger partial charge < -0.3 is 15.2 Å². The summed E-state index contributed by atoms with van der Waals surface area (Å²) in [4.78, 5) is 8.13. The van der Waals surface area contributed by atoms with Crippen LogP contribution in [0.25, 0.3) is 0 Å². The van der Waals surface area contributed by atoms with E-state index in [1.807, 2.05) is 0 Å². The maximum absolute atomic E-state index is 13.0. The summed E-state index contributed by atoms with van der Waals surface area (Å²) >= 11 is 0. The van der Waals surface area contributed by atoms with E-state index < -0.39 is 17.7 Å². The highest BCUT2D eigenvalue weighted by atomic mass is 19.2. The van der Waals surface area contributed by atoms with E-state index in [1.54, 1.807) is 13.1 Å². The van der Waals surface area contributed by atoms with Crippen molar-refractivity contribution in [2.45, 2.75) is 13.0 Å². The molecule has 21 heavy (non-hydrogen) atoms. The monoisotopic (exact) mass is 295 g/mol. The van der Waals surface area contributed by atoms with Crippen LogP contribution >= 0.6 is 0 Å². The van der Waals surface area contributed by atoms with Gasteiger partial charge in [0.05, 0.1) is 11.9 Å². The van der Waals surface area contributed by atoms with Crippen LogP contribution in [0.5, 0.6) is 5.75 Å². The van der Waals surface area contributed by atoms with Gasteiger partial charge in [-0.1, -0.05) is 0 Å². The number of anilines is 1. The van der Waals surface area contributed by atoms with Crippen molar-refractivity contribution in [3.63, 3.8) is 0 Å². The quantitative estimate of drug-likeness (QED) is 0.852. The van der Waals surface area contributed by atoms with Crippen molar-refractivity contribution >= 4 is 5.82 Å². The van der Waals surface area contributed by atoms with Crippen LogP contribution in [0.3, 0.4) is 0 Å². The van der Waals surface area contributed by atoms with Gasteiger partial charge in [-0.3, -0.25) is 4.98 Å². The number of aliphatic hydroxyl groups is 1. The van der Waals surface area contributed by atoms with Gasteiger partial charge in [-0.15, -0.1) is 0 Å². The zero-order valence-corrected chi connectivity index (χ0v) is 11.4. The lowest BCUT2D eigenvalue weighted by Crippen LogP contribution is -2.26. The molecule has 0 spiro atoms. The Hall–Kier alpha value is -2.28. The van der Waals surface area contributed by atoms with Crippen molar-refractivity contribution < 1.29 is 18.6 Å². The average Bonchev–Trinajstić information content (AvgIpc) is 2.46. The van der Waals surface area contributed by atoms with Crippen LogP contribution in [-0.4, -0.2) is 34.3 Å². The molecular weight excluding hydrogens is 280 g/mol. The smallest absolute Gasteiger partial charge is 0.162 e. The normalized spacial score (nSPS) is 12.0. The Morgan fingerprint density at radius 3 is 2.81 bits per heavy atom. The molecule has 0 bridgehead atoms. The fraction of sp³-hybridized carbons (Fsp3) is 0.286. The molecule has 1 heterocycles. The zero-order valence-electron chi connectivity index (χ0n) is 11.4. The first-order chi connectivity index (χ1) is 10.0. The number of ether oxygens (including phenoxy) is 1. The fourth-order valence-electron chi connectivity index (χ4n) is 1.59. The molecule has 0 radical (unpaired) electrons. The molecule has 2 N–H and O–H groups in total. The second kappa shape index (κ2) is 6.94. The predicted molar refractivity (Wildman–Crippen MR) is 73.1 cm³/mol. The molecule has 2 aromatic rings. The largest absolute Gasteiger partial charge is 0.491 e. The van der Waals surface area contributed by atoms with Crippen molar-refractivity contribution in [1.29, 1.82) is 0 Å². The lowest BCUT2D eigenvalue weighted by molar-refractivity contribution is 0.117. The minimum absolute atomic E-state index is 0.0582. The van der Waals surface area contributed by atoms with Crippen LogP contribution in [0.1, 0.15) is 5.69 Å². The Balaban J connectivity index is 1.79. The summed E-state index contributed by atoms with van der Waals surface area (Å²) in [6.45, 7) is 1.94. The molecule has 112 valence electrons. The van der Waals surface area contributed by atoms with E-state index in [1.165, 1.54) is 12.3 Å². The highest BCUT2D eigenvalue weighted by Crippen LogP contribution is 2.15. The van der Waals surface area contributed by atoms with E-state index in [9.17, 15) is 13.9 Å². The molecule has 1 aromatic carbocycles. The van der Waals surface area contributed by atoms with E-state index in [0.29, 0.717) is 5.82 Å². The Bertz CT molecular complexity index is 611. The van der Waals surface area contributed by atoms with Gasteiger partial charge in [-0.2, -0.15) is 0 Å². The molecule has 0 saturated carbocycles. The Labute approximate surface area is 120 Å². The summed E-state index contributed by atoms with van der Waals surface area (Å²) in [6.07, 6.45) is 2.32. The lowest BCUT2D eigenvalue weighted by Gasteiger charge is -2.13. The second-order valence-electron chi connectivity index (χ2n) is 4.47. The molecule has 0 aliphatic heterocycles. The van der Waals surface area contributed by atoms with Crippen molar-refractivity contribution in [2.75, 3.05) is 18.5 Å². The first-order valence-corrected chi connectivity index (χ1v) is 6.33. The molecule has 0 aliphatic rings. The molecular formula is C14H15F2N3O2. The van der Waals surface area contributed by atoms with Crippen LogP contribution in [0, 0.1) is 18.6 Å². The third-order valence-electron chi connectivity index (χ3n) is 2.61. The minimum Gasteiger partial charge on any atom is -0.491 e. The minimum atomic E-state index is -0.991. The van der Waals surface area contributed by atoms with Gasteiger partial charge in [-0.05, 0) is 19.1 Å². The summed E-state index contributed by atoms with van der Waals surface area (Å²) in [7, 11) is 0. The van der Waals surface area contributed by atoms with Gasteiger partial charge in [-0.25, -0.2) is 13.8 Å². The summed E-state index contributed by atoms with van der Waals surface area (Å²) in [5.41, 5.74) is 0.757. The number of rotatable bonds is 6. The van der Waals surface area contributed by atoms with Crippen molar-refractivity contribution in [3.8, 4) is 5.75 Å². The molecule has 0 saturated heterocycles. The number of nitrogens with one attached hydrogen (secondary N) is 1. The molecule has 2 rings (SSSR count). The van der Waals surface area contributed by atoms with Gasteiger partial charge in [0.15, 0.2) is 11.6 Å². The predicted octanol–water partition coefficient (Wildman–Crippen LogP) is 1.92. The molecule has 7 heteroatoms. The average molecular weight is 295 g/mol. The Kier molecular flexibility index (Phi) is 4.99. The second-order valence-corrected chi connectivity index (χ2v) is 4.47. The maximum atomic E-state index is 13.0. The van der Waals surface area contributed by atoms with E-state index in [2.05, 4.69) is 15.3 Å². The number of halogens is 2. The molecule has 1 aromatic heterocycles. The summed E-state index contributed by atoms with van der Waals surface area (Å²) < 4.78 is 30.9. The van der Waals surface area contributed by atoms with E-state index in [0.717, 1.165) is 17.8 Å². The first-order valence-electron chi connectivity index (χ1n) is 6.33. The molecule has 0 aliphatic carbocycles. The van der Waals surface area contributed by atoms with Crippen molar-refractivity contribution in [2.24, 2.45) is 0 Å². The number of hydrogen-bond acceptors (Lipinski definition) is 5. The number of hydrogen-bond donors (Lipinski definition) is 2. The van der Waals surface area contributed by atoms with Gasteiger partial charge in [0.25, 0.3) is 0 Å². The zero-order chi connectivity index (χ0) is 15.2. The van der Waals surface area contributed by atoms with Gasteiger partial charge in [0, 0.05) is 18.8 Å². The third kappa shape index (κ3) is 4.64. The molecule has 0 amide bonds. The summed E-state index contributed by atoms with van der Waals surface area (Å²) in [6, 6.07) is 3.20. The number of benzene rings is 1. The van der Waals surface area contributed by atoms with E-state index in [4.69, 9.17) is 4.74 Å². The topological polar surface area (TPSA) is 67.3 Å². The molecule has 0 fully saturated rings. The van der Waals surface area contributed by atoms with Crippen LogP contribution in [0.15, 0.2) is 30.6 Å². The van der Waals surface area contributed by atoms with Crippen LogP contribution < -0.4 is 10.1 Å². The number of aliphatic hydroxyl groups excluding tert-OH is 1. The summed E-state index contributed by atoms with van der Waals surface area (Å²) in [5.74, 6) is -1.23.